The van der Waals surface area contributed by atoms with Crippen molar-refractivity contribution in [1.82, 2.24) is 5.32 Å². The highest BCUT2D eigenvalue weighted by atomic mass is 35.5. The number of allylic oxidation sites excluding steroid dienone is 2. The van der Waals surface area contributed by atoms with Crippen molar-refractivity contribution in [2.45, 2.75) is 47.3 Å². The highest BCUT2D eigenvalue weighted by molar-refractivity contribution is 6.84. The molecule has 0 aromatic rings. The molecule has 3 aliphatic rings. The van der Waals surface area contributed by atoms with E-state index in [1.165, 1.54) is 10.8 Å². The Bertz CT molecular complexity index is 815. The third kappa shape index (κ3) is 12.1. The number of nitrogens with one attached hydrogen (secondary N) is 1. The van der Waals surface area contributed by atoms with Gasteiger partial charge in [0, 0.05) is 13.1 Å². The number of esters is 1. The fourth-order valence-corrected chi connectivity index (χ4v) is 5.81. The second-order valence-electron chi connectivity index (χ2n) is 9.14. The number of ether oxygens (including phenoxy) is 1. The molecule has 10 heteroatoms. The van der Waals surface area contributed by atoms with Gasteiger partial charge in [-0.3, -0.25) is 14.4 Å². The van der Waals surface area contributed by atoms with Crippen molar-refractivity contribution in [2.24, 2.45) is 23.5 Å². The second kappa shape index (κ2) is 15.3. The molecule has 0 fully saturated rings. The van der Waals surface area contributed by atoms with Crippen LogP contribution in [-0.4, -0.2) is 68.3 Å². The number of halogens is 1. The fourth-order valence-electron chi connectivity index (χ4n) is 3.12. The van der Waals surface area contributed by atoms with Crippen LogP contribution in [0.1, 0.15) is 27.7 Å². The van der Waals surface area contributed by atoms with Gasteiger partial charge in [0.1, 0.15) is 0 Å². The van der Waals surface area contributed by atoms with Crippen LogP contribution in [0.4, 0.5) is 0 Å². The maximum Gasteiger partial charge on any atom is 0.316 e. The van der Waals surface area contributed by atoms with E-state index in [0.29, 0.717) is 19.7 Å². The number of hydrogen-bond donors (Lipinski definition) is 4. The zero-order valence-corrected chi connectivity index (χ0v) is 23.2. The van der Waals surface area contributed by atoms with Crippen LogP contribution in [0.15, 0.2) is 34.1 Å². The lowest BCUT2D eigenvalue weighted by Crippen LogP contribution is -2.28. The molecule has 0 bridgehead atoms. The zero-order chi connectivity index (χ0) is 26.6. The van der Waals surface area contributed by atoms with Gasteiger partial charge >= 0.3 is 5.97 Å². The molecule has 3 atom stereocenters. The topological polar surface area (TPSA) is 139 Å². The van der Waals surface area contributed by atoms with Gasteiger partial charge in [0.25, 0.3) is 0 Å². The van der Waals surface area contributed by atoms with Crippen LogP contribution in [0.5, 0.6) is 0 Å². The minimum atomic E-state index is -1.26. The molecule has 5 N–H and O–H groups in total. The van der Waals surface area contributed by atoms with E-state index in [1.54, 1.807) is 0 Å². The molecule has 34 heavy (non-hydrogen) atoms. The standard InChI is InChI=1S/C10H18O2Si.C7H11NO2.C5H5ClO.C2H7NO/c1-6-12-10(11)8-7(2)9(8)13(3,4)5;1-5-4-6(5)7(10)8-2-3-9;1-3-2-4(3)5(6)7;3-1-2-4/h8H,6H2,1-5H3;4,6,9H,2-3H2,1H3,(H,8,10);2,4H,1H3;4H,1-3H2. The van der Waals surface area contributed by atoms with Crippen molar-refractivity contribution < 1.29 is 29.3 Å². The minimum absolute atomic E-state index is 0.00606. The van der Waals surface area contributed by atoms with Crippen molar-refractivity contribution in [3.05, 3.63) is 34.1 Å². The predicted octanol–water partition coefficient (Wildman–Crippen LogP) is 2.31. The number of carbonyl (C=O) groups is 3. The predicted molar refractivity (Wildman–Crippen MR) is 138 cm³/mol. The van der Waals surface area contributed by atoms with Crippen molar-refractivity contribution in [2.75, 3.05) is 32.9 Å². The van der Waals surface area contributed by atoms with Crippen molar-refractivity contribution >= 4 is 36.8 Å². The summed E-state index contributed by atoms with van der Waals surface area (Å²) >= 11 is 5.08. The normalized spacial score (nSPS) is 21.1. The second-order valence-corrected chi connectivity index (χ2v) is 14.6. The Morgan fingerprint density at radius 2 is 1.53 bits per heavy atom. The number of nitrogens with two attached hydrogens (primary N) is 1. The number of hydrogen-bond acceptors (Lipinski definition) is 7. The van der Waals surface area contributed by atoms with Crippen LogP contribution in [0.25, 0.3) is 0 Å². The third-order valence-electron chi connectivity index (χ3n) is 5.08. The fraction of sp³-hybridized carbons (Fsp3) is 0.625. The van der Waals surface area contributed by atoms with Crippen LogP contribution in [0, 0.1) is 17.8 Å². The summed E-state index contributed by atoms with van der Waals surface area (Å²) in [6.45, 7) is 15.9. The lowest BCUT2D eigenvalue weighted by Gasteiger charge is -2.12. The first-order chi connectivity index (χ1) is 15.8. The highest BCUT2D eigenvalue weighted by Gasteiger charge is 2.46. The summed E-state index contributed by atoms with van der Waals surface area (Å²) in [6.07, 6.45) is 3.74. The summed E-state index contributed by atoms with van der Waals surface area (Å²) in [5.74, 6) is 0.0174. The molecule has 0 aliphatic heterocycles. The maximum absolute atomic E-state index is 11.4. The van der Waals surface area contributed by atoms with E-state index < -0.39 is 8.07 Å². The average molecular weight is 517 g/mol. The maximum atomic E-state index is 11.4. The van der Waals surface area contributed by atoms with E-state index in [2.05, 4.69) is 31.9 Å². The van der Waals surface area contributed by atoms with Gasteiger partial charge < -0.3 is 26.0 Å². The Kier molecular flexibility index (Phi) is 14.5. The smallest absolute Gasteiger partial charge is 0.316 e. The van der Waals surface area contributed by atoms with Gasteiger partial charge in [-0.15, -0.1) is 0 Å². The molecule has 0 heterocycles. The van der Waals surface area contributed by atoms with E-state index in [1.807, 2.05) is 32.9 Å². The van der Waals surface area contributed by atoms with Gasteiger partial charge in [-0.2, -0.15) is 0 Å². The average Bonchev–Trinajstić information content (AvgIpc) is 3.67. The van der Waals surface area contributed by atoms with Crippen LogP contribution in [0.2, 0.25) is 19.6 Å². The van der Waals surface area contributed by atoms with E-state index >= 15 is 0 Å². The monoisotopic (exact) mass is 516 g/mol. The molecule has 1 amide bonds. The Labute approximate surface area is 209 Å². The number of aliphatic hydroxyl groups excluding tert-OH is 2. The van der Waals surface area contributed by atoms with Crippen molar-refractivity contribution in [1.29, 1.82) is 0 Å². The summed E-state index contributed by atoms with van der Waals surface area (Å²) in [5, 5.41) is 19.8. The lowest BCUT2D eigenvalue weighted by molar-refractivity contribution is -0.144. The van der Waals surface area contributed by atoms with Crippen LogP contribution in [0.3, 0.4) is 0 Å². The number of aliphatic hydroxyl groups is 2. The summed E-state index contributed by atoms with van der Waals surface area (Å²) in [4.78, 5) is 32.5. The summed E-state index contributed by atoms with van der Waals surface area (Å²) < 4.78 is 5.00. The van der Waals surface area contributed by atoms with E-state index in [9.17, 15) is 14.4 Å². The molecule has 0 saturated heterocycles. The molecule has 0 saturated carbocycles. The van der Waals surface area contributed by atoms with Gasteiger partial charge in [-0.1, -0.05) is 53.7 Å². The molecule has 0 aromatic heterocycles. The molecule has 0 spiro atoms. The van der Waals surface area contributed by atoms with Gasteiger partial charge in [0.15, 0.2) is 0 Å². The molecular weight excluding hydrogens is 476 g/mol. The Balaban J connectivity index is 0.000000460. The van der Waals surface area contributed by atoms with Crippen LogP contribution < -0.4 is 11.1 Å². The molecule has 8 nitrogen and oxygen atoms in total. The van der Waals surface area contributed by atoms with E-state index in [0.717, 1.165) is 11.1 Å². The highest BCUT2D eigenvalue weighted by Crippen LogP contribution is 2.45. The number of amides is 1. The summed E-state index contributed by atoms with van der Waals surface area (Å²) in [7, 11) is -1.26. The molecule has 0 radical (unpaired) electrons. The lowest BCUT2D eigenvalue weighted by atomic mass is 10.3. The van der Waals surface area contributed by atoms with Crippen molar-refractivity contribution in [3.8, 4) is 0 Å². The SMILES string of the molecule is CC1=CC1C(=O)Cl.CC1=CC1C(=O)NCCO.CCOC(=O)C1C(C)=C1[Si](C)(C)C.NCCO. The quantitative estimate of drug-likeness (QED) is 0.168. The van der Waals surface area contributed by atoms with E-state index in [-0.39, 0.29) is 48.1 Å². The van der Waals surface area contributed by atoms with Crippen molar-refractivity contribution in [3.63, 3.8) is 0 Å². The first-order valence-electron chi connectivity index (χ1n) is 11.4. The molecule has 194 valence electrons. The van der Waals surface area contributed by atoms with Gasteiger partial charge in [0.05, 0.1) is 45.6 Å². The van der Waals surface area contributed by atoms with Gasteiger partial charge in [-0.05, 0) is 39.3 Å². The summed E-state index contributed by atoms with van der Waals surface area (Å²) in [6, 6.07) is 0. The molecule has 0 aromatic carbocycles. The Morgan fingerprint density at radius 1 is 1.06 bits per heavy atom. The Morgan fingerprint density at radius 3 is 1.76 bits per heavy atom. The first kappa shape index (κ1) is 32.2. The van der Waals surface area contributed by atoms with Crippen LogP contribution >= 0.6 is 11.6 Å². The molecule has 3 aliphatic carbocycles. The largest absolute Gasteiger partial charge is 0.465 e. The molecular formula is C24H41ClN2O6Si. The first-order valence-corrected chi connectivity index (χ1v) is 15.3. The zero-order valence-electron chi connectivity index (χ0n) is 21.4. The third-order valence-corrected chi connectivity index (χ3v) is 7.62. The van der Waals surface area contributed by atoms with Gasteiger partial charge in [0.2, 0.25) is 11.1 Å². The molecule has 3 unspecified atom stereocenters. The molecule has 3 rings (SSSR count). The number of carbonyl (C=O) groups excluding carboxylic acids is 3. The minimum Gasteiger partial charge on any atom is -0.465 e. The summed E-state index contributed by atoms with van der Waals surface area (Å²) in [5.41, 5.74) is 8.26. The number of rotatable bonds is 8. The van der Waals surface area contributed by atoms with E-state index in [4.69, 9.17) is 32.3 Å². The van der Waals surface area contributed by atoms with Crippen LogP contribution in [-0.2, 0) is 19.1 Å². The van der Waals surface area contributed by atoms with Gasteiger partial charge in [-0.25, -0.2) is 0 Å². The Hall–Kier alpha value is -1.78.